The average molecular weight is 257 g/mol. The Morgan fingerprint density at radius 2 is 2.18 bits per heavy atom. The lowest BCUT2D eigenvalue weighted by Gasteiger charge is -2.24. The molecule has 5 nitrogen and oxygen atoms in total. The highest BCUT2D eigenvalue weighted by molar-refractivity contribution is 7.12. The lowest BCUT2D eigenvalue weighted by Crippen LogP contribution is -2.40. The van der Waals surface area contributed by atoms with Crippen LogP contribution in [0.3, 0.4) is 0 Å². The van der Waals surface area contributed by atoms with Crippen LogP contribution in [-0.2, 0) is 4.79 Å². The molecule has 1 rings (SSSR count). The van der Waals surface area contributed by atoms with E-state index in [4.69, 9.17) is 9.84 Å². The van der Waals surface area contributed by atoms with E-state index in [-0.39, 0.29) is 18.5 Å². The Labute approximate surface area is 104 Å². The first-order chi connectivity index (χ1) is 7.95. The molecule has 94 valence electrons. The molecular weight excluding hydrogens is 242 g/mol. The van der Waals surface area contributed by atoms with Gasteiger partial charge in [-0.15, -0.1) is 11.3 Å². The standard InChI is InChI=1S/C11H15NO4S/c1-7(2)12(5-10(13)14)11(15)9-4-8(16-3)6-17-9/h4,6-7H,5H2,1-3H3,(H,13,14). The van der Waals surface area contributed by atoms with E-state index in [1.165, 1.54) is 23.3 Å². The third-order valence-corrected chi connectivity index (χ3v) is 3.11. The summed E-state index contributed by atoms with van der Waals surface area (Å²) in [7, 11) is 1.52. The molecule has 0 unspecified atom stereocenters. The maximum atomic E-state index is 12.1. The number of carboxylic acid groups (broad SMARTS) is 1. The third-order valence-electron chi connectivity index (χ3n) is 2.21. The van der Waals surface area contributed by atoms with Gasteiger partial charge in [-0.25, -0.2) is 0 Å². The van der Waals surface area contributed by atoms with Crippen LogP contribution in [0.2, 0.25) is 0 Å². The molecule has 0 aliphatic heterocycles. The van der Waals surface area contributed by atoms with Crippen molar-refractivity contribution in [1.82, 2.24) is 4.90 Å². The summed E-state index contributed by atoms with van der Waals surface area (Å²) >= 11 is 1.25. The lowest BCUT2D eigenvalue weighted by molar-refractivity contribution is -0.138. The van der Waals surface area contributed by atoms with Gasteiger partial charge in [0.1, 0.15) is 12.3 Å². The highest BCUT2D eigenvalue weighted by Crippen LogP contribution is 2.23. The van der Waals surface area contributed by atoms with E-state index in [0.717, 1.165) is 0 Å². The fourth-order valence-corrected chi connectivity index (χ4v) is 2.12. The molecule has 0 atom stereocenters. The zero-order valence-corrected chi connectivity index (χ0v) is 10.8. The number of nitrogens with zero attached hydrogens (tertiary/aromatic N) is 1. The second-order valence-electron chi connectivity index (χ2n) is 3.77. The maximum Gasteiger partial charge on any atom is 0.323 e. The summed E-state index contributed by atoms with van der Waals surface area (Å²) in [5.74, 6) is -0.691. The molecule has 0 spiro atoms. The Balaban J connectivity index is 2.87. The molecular formula is C11H15NO4S. The largest absolute Gasteiger partial charge is 0.496 e. The molecule has 1 aromatic rings. The summed E-state index contributed by atoms with van der Waals surface area (Å²) in [5.41, 5.74) is 0. The van der Waals surface area contributed by atoms with E-state index in [1.54, 1.807) is 25.3 Å². The van der Waals surface area contributed by atoms with Crippen LogP contribution < -0.4 is 4.74 Å². The van der Waals surface area contributed by atoms with E-state index in [9.17, 15) is 9.59 Å². The fourth-order valence-electron chi connectivity index (χ4n) is 1.31. The summed E-state index contributed by atoms with van der Waals surface area (Å²) in [6.45, 7) is 3.27. The van der Waals surface area contributed by atoms with Crippen LogP contribution in [0, 0.1) is 0 Å². The summed E-state index contributed by atoms with van der Waals surface area (Å²) in [5, 5.41) is 10.5. The van der Waals surface area contributed by atoms with Gasteiger partial charge in [-0.05, 0) is 13.8 Å². The number of amides is 1. The number of rotatable bonds is 5. The Kier molecular flexibility index (Phi) is 4.51. The Morgan fingerprint density at radius 3 is 2.59 bits per heavy atom. The molecule has 0 aromatic carbocycles. The predicted molar refractivity (Wildman–Crippen MR) is 64.7 cm³/mol. The van der Waals surface area contributed by atoms with Crippen molar-refractivity contribution < 1.29 is 19.4 Å². The van der Waals surface area contributed by atoms with Crippen molar-refractivity contribution in [3.63, 3.8) is 0 Å². The van der Waals surface area contributed by atoms with E-state index >= 15 is 0 Å². The fraction of sp³-hybridized carbons (Fsp3) is 0.455. The van der Waals surface area contributed by atoms with Crippen molar-refractivity contribution in [2.24, 2.45) is 0 Å². The Hall–Kier alpha value is -1.56. The number of hydrogen-bond donors (Lipinski definition) is 1. The molecule has 1 N–H and O–H groups in total. The maximum absolute atomic E-state index is 12.1. The number of aliphatic carboxylic acids is 1. The molecule has 0 aliphatic rings. The molecule has 0 saturated heterocycles. The SMILES string of the molecule is COc1csc(C(=O)N(CC(=O)O)C(C)C)c1. The Morgan fingerprint density at radius 1 is 1.53 bits per heavy atom. The minimum atomic E-state index is -1.02. The van der Waals surface area contributed by atoms with Gasteiger partial charge in [0.05, 0.1) is 12.0 Å². The predicted octanol–water partition coefficient (Wildman–Crippen LogP) is 1.69. The average Bonchev–Trinajstić information content (AvgIpc) is 2.72. The zero-order chi connectivity index (χ0) is 13.0. The van der Waals surface area contributed by atoms with Gasteiger partial charge in [-0.2, -0.15) is 0 Å². The zero-order valence-electron chi connectivity index (χ0n) is 9.97. The summed E-state index contributed by atoms with van der Waals surface area (Å²) in [6.07, 6.45) is 0. The second-order valence-corrected chi connectivity index (χ2v) is 4.68. The highest BCUT2D eigenvalue weighted by Gasteiger charge is 2.22. The molecule has 1 aromatic heterocycles. The molecule has 0 bridgehead atoms. The molecule has 6 heteroatoms. The van der Waals surface area contributed by atoms with Crippen LogP contribution in [-0.4, -0.2) is 41.6 Å². The van der Waals surface area contributed by atoms with Gasteiger partial charge in [0.2, 0.25) is 0 Å². The molecule has 1 heterocycles. The first kappa shape index (κ1) is 13.5. The van der Waals surface area contributed by atoms with Gasteiger partial charge in [-0.3, -0.25) is 9.59 Å². The number of carbonyl (C=O) groups excluding carboxylic acids is 1. The molecule has 0 saturated carbocycles. The monoisotopic (exact) mass is 257 g/mol. The van der Waals surface area contributed by atoms with Gasteiger partial charge in [0.25, 0.3) is 5.91 Å². The van der Waals surface area contributed by atoms with E-state index in [0.29, 0.717) is 10.6 Å². The second kappa shape index (κ2) is 5.67. The normalized spacial score (nSPS) is 10.4. The molecule has 1 amide bonds. The minimum absolute atomic E-state index is 0.160. The van der Waals surface area contributed by atoms with E-state index in [2.05, 4.69) is 0 Å². The smallest absolute Gasteiger partial charge is 0.323 e. The molecule has 0 aliphatic carbocycles. The topological polar surface area (TPSA) is 66.8 Å². The van der Waals surface area contributed by atoms with Crippen LogP contribution in [0.1, 0.15) is 23.5 Å². The van der Waals surface area contributed by atoms with Crippen molar-refractivity contribution in [1.29, 1.82) is 0 Å². The number of methoxy groups -OCH3 is 1. The number of carbonyl (C=O) groups is 2. The van der Waals surface area contributed by atoms with Crippen LogP contribution in [0.4, 0.5) is 0 Å². The van der Waals surface area contributed by atoms with Gasteiger partial charge in [-0.1, -0.05) is 0 Å². The summed E-state index contributed by atoms with van der Waals surface area (Å²) in [4.78, 5) is 24.6. The van der Waals surface area contributed by atoms with Crippen molar-refractivity contribution in [3.05, 3.63) is 16.3 Å². The quantitative estimate of drug-likeness (QED) is 0.871. The van der Waals surface area contributed by atoms with E-state index < -0.39 is 5.97 Å². The molecule has 0 radical (unpaired) electrons. The number of hydrogen-bond acceptors (Lipinski definition) is 4. The highest BCUT2D eigenvalue weighted by atomic mass is 32.1. The van der Waals surface area contributed by atoms with Crippen LogP contribution in [0.25, 0.3) is 0 Å². The van der Waals surface area contributed by atoms with Gasteiger partial charge in [0.15, 0.2) is 0 Å². The van der Waals surface area contributed by atoms with Crippen molar-refractivity contribution in [3.8, 4) is 5.75 Å². The van der Waals surface area contributed by atoms with Crippen molar-refractivity contribution in [2.45, 2.75) is 19.9 Å². The van der Waals surface area contributed by atoms with Crippen molar-refractivity contribution in [2.75, 3.05) is 13.7 Å². The van der Waals surface area contributed by atoms with Gasteiger partial charge >= 0.3 is 5.97 Å². The molecule has 17 heavy (non-hydrogen) atoms. The molecule has 0 fully saturated rings. The number of ether oxygens (including phenoxy) is 1. The van der Waals surface area contributed by atoms with E-state index in [1.807, 2.05) is 0 Å². The summed E-state index contributed by atoms with van der Waals surface area (Å²) in [6, 6.07) is 1.45. The lowest BCUT2D eigenvalue weighted by atomic mass is 10.3. The van der Waals surface area contributed by atoms with Crippen LogP contribution in [0.5, 0.6) is 5.75 Å². The van der Waals surface area contributed by atoms with Crippen LogP contribution in [0.15, 0.2) is 11.4 Å². The Bertz CT molecular complexity index is 413. The third kappa shape index (κ3) is 3.45. The van der Waals surface area contributed by atoms with Crippen LogP contribution >= 0.6 is 11.3 Å². The number of carboxylic acids is 1. The first-order valence-electron chi connectivity index (χ1n) is 5.11. The first-order valence-corrected chi connectivity index (χ1v) is 5.99. The summed E-state index contributed by atoms with van der Waals surface area (Å²) < 4.78 is 4.99. The van der Waals surface area contributed by atoms with Gasteiger partial charge < -0.3 is 14.7 Å². The van der Waals surface area contributed by atoms with Crippen molar-refractivity contribution >= 4 is 23.2 Å². The van der Waals surface area contributed by atoms with Gasteiger partial charge in [0, 0.05) is 17.5 Å². The number of thiophene rings is 1. The minimum Gasteiger partial charge on any atom is -0.496 e.